The van der Waals surface area contributed by atoms with Crippen molar-refractivity contribution < 1.29 is 9.21 Å². The van der Waals surface area contributed by atoms with E-state index in [9.17, 15) is 4.79 Å². The van der Waals surface area contributed by atoms with E-state index in [2.05, 4.69) is 32.0 Å². The van der Waals surface area contributed by atoms with E-state index in [-0.39, 0.29) is 5.91 Å². The minimum absolute atomic E-state index is 0.110. The van der Waals surface area contributed by atoms with Gasteiger partial charge in [0.05, 0.1) is 6.54 Å². The van der Waals surface area contributed by atoms with E-state index < -0.39 is 0 Å². The highest BCUT2D eigenvalue weighted by atomic mass is 16.3. The maximum absolute atomic E-state index is 12.0. The molecule has 1 aliphatic heterocycles. The molecule has 0 aliphatic carbocycles. The van der Waals surface area contributed by atoms with Gasteiger partial charge in [0.1, 0.15) is 17.4 Å². The van der Waals surface area contributed by atoms with E-state index in [0.717, 1.165) is 73.5 Å². The first-order chi connectivity index (χ1) is 13.3. The highest BCUT2D eigenvalue weighted by molar-refractivity contribution is 6.05. The lowest BCUT2D eigenvalue weighted by atomic mass is 10.2. The molecule has 1 saturated heterocycles. The summed E-state index contributed by atoms with van der Waals surface area (Å²) in [6, 6.07) is 7.93. The zero-order valence-corrected chi connectivity index (χ0v) is 15.6. The van der Waals surface area contributed by atoms with E-state index >= 15 is 0 Å². The lowest BCUT2D eigenvalue weighted by molar-refractivity contribution is -0.122. The number of para-hydroxylation sites is 1. The zero-order valence-electron chi connectivity index (χ0n) is 15.6. The number of carbonyl (C=O) groups excluding carboxylic acids is 1. The van der Waals surface area contributed by atoms with E-state index in [4.69, 9.17) is 4.42 Å². The van der Waals surface area contributed by atoms with Crippen LogP contribution in [0.2, 0.25) is 0 Å². The fourth-order valence-corrected chi connectivity index (χ4v) is 3.52. The molecule has 0 spiro atoms. The first-order valence-corrected chi connectivity index (χ1v) is 9.62. The summed E-state index contributed by atoms with van der Waals surface area (Å²) in [7, 11) is 0. The number of rotatable bonds is 6. The lowest BCUT2D eigenvalue weighted by Crippen LogP contribution is -2.49. The van der Waals surface area contributed by atoms with Crippen LogP contribution in [0, 0.1) is 0 Å². The van der Waals surface area contributed by atoms with Crippen molar-refractivity contribution in [1.82, 2.24) is 20.2 Å². The van der Waals surface area contributed by atoms with Gasteiger partial charge in [-0.3, -0.25) is 9.69 Å². The third kappa shape index (κ3) is 3.73. The highest BCUT2D eigenvalue weighted by Crippen LogP contribution is 2.32. The fraction of sp³-hybridized carbons (Fsp3) is 0.450. The Balaban J connectivity index is 1.43. The van der Waals surface area contributed by atoms with Gasteiger partial charge in [-0.1, -0.05) is 25.5 Å². The molecule has 1 aromatic carbocycles. The molecule has 0 bridgehead atoms. The molecule has 142 valence electrons. The SMILES string of the molecule is CCCCNC(=O)CN1CCN(c2ncnc3c2oc2ccccc23)CC1. The third-order valence-corrected chi connectivity index (χ3v) is 5.03. The largest absolute Gasteiger partial charge is 0.450 e. The summed E-state index contributed by atoms with van der Waals surface area (Å²) >= 11 is 0. The number of nitrogens with one attached hydrogen (secondary N) is 1. The molecule has 2 aromatic heterocycles. The summed E-state index contributed by atoms with van der Waals surface area (Å²) < 4.78 is 6.04. The van der Waals surface area contributed by atoms with Gasteiger partial charge in [0.15, 0.2) is 11.4 Å². The topological polar surface area (TPSA) is 74.5 Å². The first kappa shape index (κ1) is 17.7. The first-order valence-electron chi connectivity index (χ1n) is 9.62. The zero-order chi connectivity index (χ0) is 18.6. The Bertz CT molecular complexity index is 930. The van der Waals surface area contributed by atoms with E-state index in [1.165, 1.54) is 0 Å². The van der Waals surface area contributed by atoms with Crippen LogP contribution < -0.4 is 10.2 Å². The molecule has 7 nitrogen and oxygen atoms in total. The van der Waals surface area contributed by atoms with Crippen molar-refractivity contribution in [3.8, 4) is 0 Å². The molecule has 27 heavy (non-hydrogen) atoms. The average Bonchev–Trinajstić information content (AvgIpc) is 3.08. The van der Waals surface area contributed by atoms with Gasteiger partial charge >= 0.3 is 0 Å². The number of hydrogen-bond acceptors (Lipinski definition) is 6. The van der Waals surface area contributed by atoms with E-state index in [1.807, 2.05) is 24.3 Å². The normalized spacial score (nSPS) is 15.5. The van der Waals surface area contributed by atoms with Gasteiger partial charge < -0.3 is 14.6 Å². The number of furan rings is 1. The monoisotopic (exact) mass is 367 g/mol. The van der Waals surface area contributed by atoms with Gasteiger partial charge in [-0.2, -0.15) is 0 Å². The van der Waals surface area contributed by atoms with Crippen molar-refractivity contribution in [2.24, 2.45) is 0 Å². The molecule has 0 radical (unpaired) electrons. The second kappa shape index (κ2) is 7.92. The molecule has 7 heteroatoms. The summed E-state index contributed by atoms with van der Waals surface area (Å²) in [6.45, 7) is 6.62. The molecular weight excluding hydrogens is 342 g/mol. The Morgan fingerprint density at radius 1 is 1.19 bits per heavy atom. The van der Waals surface area contributed by atoms with Gasteiger partial charge in [-0.05, 0) is 18.6 Å². The number of hydrogen-bond donors (Lipinski definition) is 1. The number of piperazine rings is 1. The van der Waals surface area contributed by atoms with Crippen LogP contribution in [0.15, 0.2) is 35.0 Å². The van der Waals surface area contributed by atoms with Gasteiger partial charge in [-0.15, -0.1) is 0 Å². The number of carbonyl (C=O) groups is 1. The predicted molar refractivity (Wildman–Crippen MR) is 106 cm³/mol. The Morgan fingerprint density at radius 3 is 2.81 bits per heavy atom. The molecule has 1 fully saturated rings. The number of unbranched alkanes of at least 4 members (excludes halogenated alkanes) is 1. The second-order valence-electron chi connectivity index (χ2n) is 6.94. The Kier molecular flexibility index (Phi) is 5.20. The van der Waals surface area contributed by atoms with Crippen LogP contribution in [0.3, 0.4) is 0 Å². The average molecular weight is 367 g/mol. The summed E-state index contributed by atoms with van der Waals surface area (Å²) in [5, 5.41) is 4.00. The van der Waals surface area contributed by atoms with Crippen LogP contribution in [0.5, 0.6) is 0 Å². The Morgan fingerprint density at radius 2 is 2.00 bits per heavy atom. The van der Waals surface area contributed by atoms with Crippen LogP contribution in [0.25, 0.3) is 22.1 Å². The van der Waals surface area contributed by atoms with Crippen LogP contribution >= 0.6 is 0 Å². The van der Waals surface area contributed by atoms with Crippen molar-refractivity contribution in [1.29, 1.82) is 0 Å². The van der Waals surface area contributed by atoms with Crippen molar-refractivity contribution in [2.45, 2.75) is 19.8 Å². The minimum Gasteiger partial charge on any atom is -0.450 e. The number of anilines is 1. The van der Waals surface area contributed by atoms with Crippen molar-refractivity contribution >= 4 is 33.8 Å². The van der Waals surface area contributed by atoms with E-state index in [0.29, 0.717) is 6.54 Å². The number of aromatic nitrogens is 2. The van der Waals surface area contributed by atoms with Crippen LogP contribution in [-0.4, -0.2) is 60.0 Å². The van der Waals surface area contributed by atoms with Crippen LogP contribution in [0.4, 0.5) is 5.82 Å². The fourth-order valence-electron chi connectivity index (χ4n) is 3.52. The molecule has 0 atom stereocenters. The number of fused-ring (bicyclic) bond motifs is 3. The summed E-state index contributed by atoms with van der Waals surface area (Å²) in [5.41, 5.74) is 2.43. The van der Waals surface area contributed by atoms with Gasteiger partial charge in [0.2, 0.25) is 5.91 Å². The van der Waals surface area contributed by atoms with E-state index in [1.54, 1.807) is 6.33 Å². The molecule has 4 rings (SSSR count). The maximum Gasteiger partial charge on any atom is 0.234 e. The van der Waals surface area contributed by atoms with Crippen LogP contribution in [0.1, 0.15) is 19.8 Å². The smallest absolute Gasteiger partial charge is 0.234 e. The summed E-state index contributed by atoms with van der Waals surface area (Å²) in [5.74, 6) is 0.946. The maximum atomic E-state index is 12.0. The molecule has 3 heterocycles. The predicted octanol–water partition coefficient (Wildman–Crippen LogP) is 2.41. The number of benzene rings is 1. The quantitative estimate of drug-likeness (QED) is 0.675. The number of nitrogens with zero attached hydrogens (tertiary/aromatic N) is 4. The van der Waals surface area contributed by atoms with Gasteiger partial charge in [0.25, 0.3) is 0 Å². The second-order valence-corrected chi connectivity index (χ2v) is 6.94. The standard InChI is InChI=1S/C20H25N5O2/c1-2-3-8-21-17(26)13-24-9-11-25(12-10-24)20-19-18(22-14-23-20)15-6-4-5-7-16(15)27-19/h4-7,14H,2-3,8-13H2,1H3,(H,21,26). The molecule has 1 aliphatic rings. The lowest BCUT2D eigenvalue weighted by Gasteiger charge is -2.34. The molecule has 0 saturated carbocycles. The molecule has 0 unspecified atom stereocenters. The molecular formula is C20H25N5O2. The summed E-state index contributed by atoms with van der Waals surface area (Å²) in [6.07, 6.45) is 3.72. The highest BCUT2D eigenvalue weighted by Gasteiger charge is 2.23. The van der Waals surface area contributed by atoms with Gasteiger partial charge in [0, 0.05) is 38.1 Å². The Labute approximate surface area is 158 Å². The minimum atomic E-state index is 0.110. The van der Waals surface area contributed by atoms with Gasteiger partial charge in [-0.25, -0.2) is 9.97 Å². The number of amides is 1. The Hall–Kier alpha value is -2.67. The molecule has 3 aromatic rings. The van der Waals surface area contributed by atoms with Crippen molar-refractivity contribution in [2.75, 3.05) is 44.2 Å². The van der Waals surface area contributed by atoms with Crippen LogP contribution in [-0.2, 0) is 4.79 Å². The van der Waals surface area contributed by atoms with Crippen molar-refractivity contribution in [3.63, 3.8) is 0 Å². The van der Waals surface area contributed by atoms with Crippen molar-refractivity contribution in [3.05, 3.63) is 30.6 Å². The third-order valence-electron chi connectivity index (χ3n) is 5.03. The molecule has 1 N–H and O–H groups in total. The summed E-state index contributed by atoms with van der Waals surface area (Å²) in [4.78, 5) is 25.3. The molecule has 1 amide bonds.